The number of carbonyl (C=O) groups is 1. The highest BCUT2D eigenvalue weighted by molar-refractivity contribution is 6.20. The summed E-state index contributed by atoms with van der Waals surface area (Å²) in [7, 11) is 0. The van der Waals surface area contributed by atoms with Gasteiger partial charge in [-0.15, -0.1) is 0 Å². The van der Waals surface area contributed by atoms with Gasteiger partial charge in [-0.25, -0.2) is 4.99 Å². The van der Waals surface area contributed by atoms with Crippen LogP contribution in [0, 0.1) is 20.8 Å². The van der Waals surface area contributed by atoms with E-state index in [1.807, 2.05) is 20.8 Å². The molecule has 1 aliphatic rings. The average Bonchev–Trinajstić information content (AvgIpc) is 2.80. The second-order valence-corrected chi connectivity index (χ2v) is 8.34. The van der Waals surface area contributed by atoms with Gasteiger partial charge in [0.1, 0.15) is 17.2 Å². The Labute approximate surface area is 210 Å². The molecule has 188 valence electrons. The molecular weight excluding hydrogens is 456 g/mol. The van der Waals surface area contributed by atoms with E-state index in [2.05, 4.69) is 4.99 Å². The molecule has 3 aromatic rings. The fourth-order valence-corrected chi connectivity index (χ4v) is 2.96. The molecule has 8 heteroatoms. The molecule has 0 atom stereocenters. The van der Waals surface area contributed by atoms with Crippen molar-refractivity contribution < 1.29 is 20.1 Å². The van der Waals surface area contributed by atoms with Crippen LogP contribution in [0.15, 0.2) is 77.3 Å². The third-order valence-corrected chi connectivity index (χ3v) is 5.24. The molecule has 0 fully saturated rings. The van der Waals surface area contributed by atoms with Crippen LogP contribution < -0.4 is 17.2 Å². The minimum atomic E-state index is -0.0405. The van der Waals surface area contributed by atoms with Gasteiger partial charge in [0.15, 0.2) is 5.78 Å². The van der Waals surface area contributed by atoms with Crippen molar-refractivity contribution in [1.82, 2.24) is 0 Å². The van der Waals surface area contributed by atoms with E-state index < -0.39 is 0 Å². The van der Waals surface area contributed by atoms with Crippen LogP contribution in [-0.2, 0) is 4.79 Å². The van der Waals surface area contributed by atoms with Crippen LogP contribution in [0.5, 0.6) is 17.2 Å². The number of carbonyl (C=O) groups excluding carboxylic acids is 1. The van der Waals surface area contributed by atoms with Gasteiger partial charge in [0.05, 0.1) is 17.1 Å². The molecule has 0 aromatic heterocycles. The number of anilines is 3. The van der Waals surface area contributed by atoms with Gasteiger partial charge in [0.2, 0.25) is 0 Å². The highest BCUT2D eigenvalue weighted by Crippen LogP contribution is 2.30. The first-order valence-corrected chi connectivity index (χ1v) is 11.1. The predicted molar refractivity (Wildman–Crippen MR) is 147 cm³/mol. The maximum Gasteiger partial charge on any atom is 0.179 e. The molecule has 0 bridgehead atoms. The number of nitrogens with zero attached hydrogens (tertiary/aromatic N) is 1. The van der Waals surface area contributed by atoms with E-state index in [1.54, 1.807) is 49.4 Å². The normalized spacial score (nSPS) is 13.3. The lowest BCUT2D eigenvalue weighted by atomic mass is 10.0. The summed E-state index contributed by atoms with van der Waals surface area (Å²) in [6.07, 6.45) is 4.66. The first-order valence-electron chi connectivity index (χ1n) is 11.1. The highest BCUT2D eigenvalue weighted by Gasteiger charge is 2.09. The lowest BCUT2D eigenvalue weighted by molar-refractivity contribution is -0.110. The van der Waals surface area contributed by atoms with Crippen LogP contribution in [-0.4, -0.2) is 26.8 Å². The molecular formula is C28H32N4O4. The minimum absolute atomic E-state index is 0.0405. The van der Waals surface area contributed by atoms with Crippen LogP contribution in [0.1, 0.15) is 23.6 Å². The first-order chi connectivity index (χ1) is 16.9. The van der Waals surface area contributed by atoms with Crippen LogP contribution >= 0.6 is 0 Å². The second kappa shape index (κ2) is 12.1. The fourth-order valence-electron chi connectivity index (χ4n) is 2.96. The zero-order chi connectivity index (χ0) is 27.0. The molecule has 0 amide bonds. The maximum atomic E-state index is 11.2. The van der Waals surface area contributed by atoms with Gasteiger partial charge in [-0.1, -0.05) is 6.07 Å². The standard InChI is InChI=1S/C14H14N2O2.2C7H9NO/c1-8-5-10(17)3-4-12(8)16-13-6-9(2)14(18)7-11(13)15;1-5-4-6(9)2-3-7(5)8;1-5-2-3-6(8)4-7(5)9/h3-7,18H,15H2,1-2H3;2*2-4,9H,8H2,1H3. The van der Waals surface area contributed by atoms with E-state index in [0.717, 1.165) is 16.7 Å². The molecule has 1 aliphatic carbocycles. The summed E-state index contributed by atoms with van der Waals surface area (Å²) >= 11 is 0. The molecule has 3 aromatic carbocycles. The largest absolute Gasteiger partial charge is 0.508 e. The van der Waals surface area contributed by atoms with E-state index in [4.69, 9.17) is 27.4 Å². The fraction of sp³-hybridized carbons (Fsp3) is 0.143. The van der Waals surface area contributed by atoms with Crippen LogP contribution in [0.25, 0.3) is 0 Å². The summed E-state index contributed by atoms with van der Waals surface area (Å²) < 4.78 is 0. The number of allylic oxidation sites excluding steroid dienone is 4. The molecule has 0 heterocycles. The molecule has 0 saturated heterocycles. The van der Waals surface area contributed by atoms with E-state index in [-0.39, 0.29) is 23.0 Å². The van der Waals surface area contributed by atoms with Crippen LogP contribution in [0.2, 0.25) is 0 Å². The van der Waals surface area contributed by atoms with Gasteiger partial charge in [0.25, 0.3) is 0 Å². The molecule has 36 heavy (non-hydrogen) atoms. The Hall–Kier alpha value is -4.72. The molecule has 8 nitrogen and oxygen atoms in total. The molecule has 0 radical (unpaired) electrons. The van der Waals surface area contributed by atoms with Crippen molar-refractivity contribution in [3.05, 3.63) is 89.0 Å². The zero-order valence-corrected chi connectivity index (χ0v) is 20.8. The molecule has 0 saturated carbocycles. The number of phenols is 3. The third-order valence-electron chi connectivity index (χ3n) is 5.24. The lowest BCUT2D eigenvalue weighted by Crippen LogP contribution is -2.05. The van der Waals surface area contributed by atoms with E-state index in [1.165, 1.54) is 24.3 Å². The van der Waals surface area contributed by atoms with Gasteiger partial charge in [-0.3, -0.25) is 4.79 Å². The number of benzene rings is 3. The summed E-state index contributed by atoms with van der Waals surface area (Å²) in [4.78, 5) is 15.6. The zero-order valence-electron chi connectivity index (χ0n) is 20.8. The van der Waals surface area contributed by atoms with Crippen LogP contribution in [0.3, 0.4) is 0 Å². The van der Waals surface area contributed by atoms with Gasteiger partial charge in [-0.05, 0) is 98.5 Å². The Morgan fingerprint density at radius 3 is 1.92 bits per heavy atom. The topological polar surface area (TPSA) is 168 Å². The summed E-state index contributed by atoms with van der Waals surface area (Å²) in [5, 5.41) is 27.4. The number of nitrogen functional groups attached to an aromatic ring is 3. The van der Waals surface area contributed by atoms with Crippen molar-refractivity contribution in [2.75, 3.05) is 17.2 Å². The summed E-state index contributed by atoms with van der Waals surface area (Å²) in [5.74, 6) is 0.635. The Morgan fingerprint density at radius 1 is 0.694 bits per heavy atom. The van der Waals surface area contributed by atoms with Crippen LogP contribution in [0.4, 0.5) is 22.7 Å². The van der Waals surface area contributed by atoms with E-state index >= 15 is 0 Å². The third kappa shape index (κ3) is 7.95. The van der Waals surface area contributed by atoms with Gasteiger partial charge >= 0.3 is 0 Å². The summed E-state index contributed by atoms with van der Waals surface area (Å²) in [5.41, 5.74) is 22.9. The van der Waals surface area contributed by atoms with Crippen molar-refractivity contribution in [2.24, 2.45) is 4.99 Å². The number of aromatic hydroxyl groups is 3. The summed E-state index contributed by atoms with van der Waals surface area (Å²) in [6.45, 7) is 7.29. The number of aryl methyl sites for hydroxylation is 3. The Bertz CT molecular complexity index is 1310. The predicted octanol–water partition coefficient (Wildman–Crippen LogP) is 5.01. The van der Waals surface area contributed by atoms with Crippen molar-refractivity contribution in [3.63, 3.8) is 0 Å². The minimum Gasteiger partial charge on any atom is -0.508 e. The SMILES string of the molecule is CC1=CC(=O)C=CC1=Nc1cc(C)c(O)cc1N.Cc1cc(O)ccc1N.Cc1ccc(N)cc1O. The molecule has 9 N–H and O–H groups in total. The molecule has 0 unspecified atom stereocenters. The Morgan fingerprint density at radius 2 is 1.36 bits per heavy atom. The van der Waals surface area contributed by atoms with Crippen molar-refractivity contribution in [3.8, 4) is 17.2 Å². The van der Waals surface area contributed by atoms with E-state index in [0.29, 0.717) is 34.0 Å². The smallest absolute Gasteiger partial charge is 0.179 e. The second-order valence-electron chi connectivity index (χ2n) is 8.34. The Kier molecular flexibility index (Phi) is 9.27. The molecule has 0 aliphatic heterocycles. The molecule has 0 spiro atoms. The maximum absolute atomic E-state index is 11.2. The monoisotopic (exact) mass is 488 g/mol. The van der Waals surface area contributed by atoms with Crippen molar-refractivity contribution in [2.45, 2.75) is 27.7 Å². The van der Waals surface area contributed by atoms with Crippen molar-refractivity contribution >= 4 is 34.2 Å². The number of ketones is 1. The van der Waals surface area contributed by atoms with Gasteiger partial charge in [0, 0.05) is 23.5 Å². The number of hydrogen-bond donors (Lipinski definition) is 6. The number of phenolic OH excluding ortho intramolecular Hbond substituents is 3. The van der Waals surface area contributed by atoms with Crippen molar-refractivity contribution in [1.29, 1.82) is 0 Å². The number of aliphatic imine (C=N–C) groups is 1. The number of hydrogen-bond acceptors (Lipinski definition) is 8. The summed E-state index contributed by atoms with van der Waals surface area (Å²) in [6, 6.07) is 13.2. The van der Waals surface area contributed by atoms with E-state index in [9.17, 15) is 9.90 Å². The van der Waals surface area contributed by atoms with Gasteiger partial charge < -0.3 is 32.5 Å². The Balaban J connectivity index is 0.000000212. The molecule has 4 rings (SSSR count). The van der Waals surface area contributed by atoms with Gasteiger partial charge in [-0.2, -0.15) is 0 Å². The quantitative estimate of drug-likeness (QED) is 0.159. The lowest BCUT2D eigenvalue weighted by Gasteiger charge is -2.09. The number of rotatable bonds is 1. The number of nitrogens with two attached hydrogens (primary N) is 3. The average molecular weight is 489 g/mol. The highest BCUT2D eigenvalue weighted by atomic mass is 16.3. The first kappa shape index (κ1) is 27.5.